The molecule has 4 heterocycles. The molecule has 0 radical (unpaired) electrons. The van der Waals surface area contributed by atoms with Crippen LogP contribution in [0.15, 0.2) is 43.0 Å². The van der Waals surface area contributed by atoms with Gasteiger partial charge in [-0.25, -0.2) is 9.78 Å². The third-order valence-electron chi connectivity index (χ3n) is 5.48. The molecule has 142 valence electrons. The Balaban J connectivity index is 1.40. The number of imidazole rings is 1. The third kappa shape index (κ3) is 2.45. The lowest BCUT2D eigenvalue weighted by Gasteiger charge is -2.30. The van der Waals surface area contributed by atoms with E-state index in [2.05, 4.69) is 10.1 Å². The summed E-state index contributed by atoms with van der Waals surface area (Å²) in [6, 6.07) is 7.50. The number of carbonyl (C=O) groups excluding carboxylic acids is 2. The van der Waals surface area contributed by atoms with Crippen molar-refractivity contribution in [2.24, 2.45) is 0 Å². The van der Waals surface area contributed by atoms with Crippen LogP contribution in [-0.2, 0) is 19.4 Å². The number of aromatic nitrogens is 4. The van der Waals surface area contributed by atoms with Crippen LogP contribution >= 0.6 is 0 Å². The SMILES string of the molecule is CCn1ncc2c1C(=O)N(c1ccc(N3CCc4cncn4C3=O)cc1)CC2. The zero-order valence-electron chi connectivity index (χ0n) is 15.6. The molecule has 0 unspecified atom stereocenters. The normalized spacial score (nSPS) is 16.3. The van der Waals surface area contributed by atoms with Crippen LogP contribution in [0.1, 0.15) is 28.7 Å². The van der Waals surface area contributed by atoms with E-state index in [4.69, 9.17) is 0 Å². The van der Waals surface area contributed by atoms with E-state index >= 15 is 0 Å². The lowest BCUT2D eigenvalue weighted by Crippen LogP contribution is -2.41. The van der Waals surface area contributed by atoms with Crippen LogP contribution in [0.5, 0.6) is 0 Å². The Morgan fingerprint density at radius 2 is 1.68 bits per heavy atom. The summed E-state index contributed by atoms with van der Waals surface area (Å²) >= 11 is 0. The van der Waals surface area contributed by atoms with E-state index in [0.29, 0.717) is 25.3 Å². The van der Waals surface area contributed by atoms with Crippen LogP contribution in [0.2, 0.25) is 0 Å². The van der Waals surface area contributed by atoms with Gasteiger partial charge in [0.2, 0.25) is 0 Å². The lowest BCUT2D eigenvalue weighted by molar-refractivity contribution is 0.0970. The molecule has 8 heteroatoms. The summed E-state index contributed by atoms with van der Waals surface area (Å²) in [4.78, 5) is 33.2. The van der Waals surface area contributed by atoms with Crippen LogP contribution in [-0.4, -0.2) is 44.4 Å². The molecule has 2 aliphatic heterocycles. The van der Waals surface area contributed by atoms with Crippen LogP contribution < -0.4 is 9.80 Å². The number of rotatable bonds is 3. The maximum atomic E-state index is 13.0. The van der Waals surface area contributed by atoms with Crippen LogP contribution in [0.3, 0.4) is 0 Å². The maximum absolute atomic E-state index is 13.0. The standard InChI is InChI=1S/C20H20N6O2/c1-2-26-18-14(11-22-26)7-9-23(19(18)27)15-3-5-16(6-4-15)24-10-8-17-12-21-13-25(17)20(24)28/h3-6,11-13H,2,7-10H2,1H3. The van der Waals surface area contributed by atoms with E-state index in [1.54, 1.807) is 37.8 Å². The van der Waals surface area contributed by atoms with E-state index in [9.17, 15) is 9.59 Å². The molecule has 1 aromatic carbocycles. The molecule has 0 saturated heterocycles. The number of anilines is 2. The molecule has 0 saturated carbocycles. The average molecular weight is 376 g/mol. The second-order valence-electron chi connectivity index (χ2n) is 7.00. The molecule has 8 nitrogen and oxygen atoms in total. The first-order valence-electron chi connectivity index (χ1n) is 9.47. The molecule has 0 fully saturated rings. The summed E-state index contributed by atoms with van der Waals surface area (Å²) in [5.41, 5.74) is 4.26. The summed E-state index contributed by atoms with van der Waals surface area (Å²) in [6.45, 7) is 3.89. The van der Waals surface area contributed by atoms with E-state index in [1.807, 2.05) is 31.2 Å². The van der Waals surface area contributed by atoms with Gasteiger partial charge < -0.3 is 4.90 Å². The van der Waals surface area contributed by atoms with Crippen LogP contribution in [0.4, 0.5) is 16.2 Å². The highest BCUT2D eigenvalue weighted by molar-refractivity contribution is 6.07. The van der Waals surface area contributed by atoms with Gasteiger partial charge in [-0.1, -0.05) is 0 Å². The predicted molar refractivity (Wildman–Crippen MR) is 104 cm³/mol. The average Bonchev–Trinajstić information content (AvgIpc) is 3.36. The summed E-state index contributed by atoms with van der Waals surface area (Å²) in [7, 11) is 0. The van der Waals surface area contributed by atoms with Crippen molar-refractivity contribution in [3.63, 3.8) is 0 Å². The van der Waals surface area contributed by atoms with Gasteiger partial charge in [0.1, 0.15) is 12.0 Å². The van der Waals surface area contributed by atoms with Gasteiger partial charge in [0.15, 0.2) is 0 Å². The smallest absolute Gasteiger partial charge is 0.307 e. The highest BCUT2D eigenvalue weighted by atomic mass is 16.2. The Morgan fingerprint density at radius 1 is 0.964 bits per heavy atom. The van der Waals surface area contributed by atoms with E-state index in [1.165, 1.54) is 0 Å². The zero-order valence-corrected chi connectivity index (χ0v) is 15.6. The van der Waals surface area contributed by atoms with Crippen molar-refractivity contribution in [3.05, 3.63) is 59.9 Å². The molecule has 0 atom stereocenters. The molecule has 0 spiro atoms. The van der Waals surface area contributed by atoms with Crippen molar-refractivity contribution in [2.75, 3.05) is 22.9 Å². The minimum Gasteiger partial charge on any atom is -0.307 e. The first kappa shape index (κ1) is 16.7. The molecule has 3 aromatic rings. The zero-order chi connectivity index (χ0) is 19.3. The fraction of sp³-hybridized carbons (Fsp3) is 0.300. The van der Waals surface area contributed by atoms with Crippen molar-refractivity contribution in [2.45, 2.75) is 26.3 Å². The summed E-state index contributed by atoms with van der Waals surface area (Å²) < 4.78 is 3.34. The lowest BCUT2D eigenvalue weighted by atomic mass is 10.1. The summed E-state index contributed by atoms with van der Waals surface area (Å²) in [5.74, 6) is -0.0227. The highest BCUT2D eigenvalue weighted by Crippen LogP contribution is 2.28. The number of benzene rings is 1. The highest BCUT2D eigenvalue weighted by Gasteiger charge is 2.30. The Bertz CT molecular complexity index is 1050. The van der Waals surface area contributed by atoms with Gasteiger partial charge in [-0.15, -0.1) is 0 Å². The second-order valence-corrected chi connectivity index (χ2v) is 7.00. The number of hydrogen-bond acceptors (Lipinski definition) is 4. The molecule has 2 amide bonds. The number of amides is 2. The predicted octanol–water partition coefficient (Wildman–Crippen LogP) is 2.33. The van der Waals surface area contributed by atoms with Gasteiger partial charge in [0.25, 0.3) is 5.91 Å². The van der Waals surface area contributed by atoms with E-state index in [0.717, 1.165) is 35.5 Å². The summed E-state index contributed by atoms with van der Waals surface area (Å²) in [5, 5.41) is 4.31. The van der Waals surface area contributed by atoms with Crippen molar-refractivity contribution in [1.29, 1.82) is 0 Å². The minimum absolute atomic E-state index is 0.0227. The largest absolute Gasteiger partial charge is 0.334 e. The van der Waals surface area contributed by atoms with Gasteiger partial charge in [0.05, 0.1) is 6.20 Å². The Morgan fingerprint density at radius 3 is 2.43 bits per heavy atom. The topological polar surface area (TPSA) is 76.3 Å². The van der Waals surface area contributed by atoms with Crippen LogP contribution in [0.25, 0.3) is 0 Å². The monoisotopic (exact) mass is 376 g/mol. The molecule has 0 N–H and O–H groups in total. The molecular formula is C20H20N6O2. The van der Waals surface area contributed by atoms with Gasteiger partial charge in [-0.05, 0) is 37.6 Å². The number of aryl methyl sites for hydroxylation is 1. The Hall–Kier alpha value is -3.42. The van der Waals surface area contributed by atoms with Crippen molar-refractivity contribution >= 4 is 23.3 Å². The molecule has 2 aliphatic rings. The summed E-state index contributed by atoms with van der Waals surface area (Å²) in [6.07, 6.45) is 6.64. The van der Waals surface area contributed by atoms with Crippen molar-refractivity contribution in [3.8, 4) is 0 Å². The number of fused-ring (bicyclic) bond motifs is 2. The molecular weight excluding hydrogens is 356 g/mol. The molecule has 5 rings (SSSR count). The molecule has 0 bridgehead atoms. The molecule has 28 heavy (non-hydrogen) atoms. The second kappa shape index (κ2) is 6.33. The third-order valence-corrected chi connectivity index (χ3v) is 5.48. The minimum atomic E-state index is -0.1000. The number of nitrogens with zero attached hydrogens (tertiary/aromatic N) is 6. The fourth-order valence-corrected chi connectivity index (χ4v) is 3.99. The number of hydrogen-bond donors (Lipinski definition) is 0. The van der Waals surface area contributed by atoms with Gasteiger partial charge in [-0.2, -0.15) is 5.10 Å². The van der Waals surface area contributed by atoms with E-state index in [-0.39, 0.29) is 11.9 Å². The number of carbonyl (C=O) groups is 2. The first-order valence-corrected chi connectivity index (χ1v) is 9.47. The fourth-order valence-electron chi connectivity index (χ4n) is 3.99. The maximum Gasteiger partial charge on any atom is 0.334 e. The van der Waals surface area contributed by atoms with Crippen LogP contribution in [0, 0.1) is 0 Å². The quantitative estimate of drug-likeness (QED) is 0.703. The first-order chi connectivity index (χ1) is 13.7. The van der Waals surface area contributed by atoms with E-state index < -0.39 is 0 Å². The van der Waals surface area contributed by atoms with Gasteiger partial charge in [0, 0.05) is 54.9 Å². The molecule has 2 aromatic heterocycles. The molecule has 0 aliphatic carbocycles. The van der Waals surface area contributed by atoms with Gasteiger partial charge in [-0.3, -0.25) is 18.9 Å². The van der Waals surface area contributed by atoms with Gasteiger partial charge >= 0.3 is 6.03 Å². The Labute approximate surface area is 162 Å². The Kier molecular flexibility index (Phi) is 3.78. The van der Waals surface area contributed by atoms with Crippen molar-refractivity contribution in [1.82, 2.24) is 19.3 Å². The van der Waals surface area contributed by atoms with Crippen molar-refractivity contribution < 1.29 is 9.59 Å².